The van der Waals surface area contributed by atoms with Crippen molar-refractivity contribution in [3.8, 4) is 0 Å². The van der Waals surface area contributed by atoms with Gasteiger partial charge in [-0.25, -0.2) is 8.37 Å². The topological polar surface area (TPSA) is 71.1 Å². The van der Waals surface area contributed by atoms with E-state index in [1.54, 1.807) is 0 Å². The van der Waals surface area contributed by atoms with Crippen molar-refractivity contribution in [2.45, 2.75) is 39.5 Å². The van der Waals surface area contributed by atoms with Gasteiger partial charge in [-0.2, -0.15) is 8.42 Å². The Kier molecular flexibility index (Phi) is 12.7. The van der Waals surface area contributed by atoms with Crippen LogP contribution in [0.1, 0.15) is 39.5 Å². The van der Waals surface area contributed by atoms with Gasteiger partial charge in [0.15, 0.2) is 0 Å². The van der Waals surface area contributed by atoms with Gasteiger partial charge in [-0.05, 0) is 39.5 Å². The summed E-state index contributed by atoms with van der Waals surface area (Å²) in [5, 5.41) is 0. The van der Waals surface area contributed by atoms with Gasteiger partial charge in [-0.1, -0.05) is 0 Å². The highest BCUT2D eigenvalue weighted by Crippen LogP contribution is 2.02. The summed E-state index contributed by atoms with van der Waals surface area (Å²) < 4.78 is 42.3. The average molecular weight is 298 g/mol. The van der Waals surface area contributed by atoms with Crippen molar-refractivity contribution in [2.75, 3.05) is 39.6 Å². The molecular weight excluding hydrogens is 272 g/mol. The Morgan fingerprint density at radius 1 is 0.684 bits per heavy atom. The van der Waals surface area contributed by atoms with Crippen molar-refractivity contribution in [1.29, 1.82) is 0 Å². The number of unbranched alkanes of at least 4 members (excludes halogenated alkanes) is 2. The third-order valence-corrected chi connectivity index (χ3v) is 3.14. The van der Waals surface area contributed by atoms with Crippen LogP contribution >= 0.6 is 0 Å². The highest BCUT2D eigenvalue weighted by molar-refractivity contribution is 7.81. The van der Waals surface area contributed by atoms with E-state index >= 15 is 0 Å². The van der Waals surface area contributed by atoms with E-state index in [0.29, 0.717) is 39.3 Å². The molecule has 0 rings (SSSR count). The van der Waals surface area contributed by atoms with E-state index < -0.39 is 10.4 Å². The Balaban J connectivity index is 3.42. The van der Waals surface area contributed by atoms with Gasteiger partial charge in [-0.15, -0.1) is 0 Å². The van der Waals surface area contributed by atoms with Crippen molar-refractivity contribution in [3.63, 3.8) is 0 Å². The summed E-state index contributed by atoms with van der Waals surface area (Å²) in [7, 11) is -3.85. The molecule has 0 fully saturated rings. The van der Waals surface area contributed by atoms with E-state index in [1.807, 2.05) is 13.8 Å². The minimum atomic E-state index is -3.85. The van der Waals surface area contributed by atoms with Gasteiger partial charge >= 0.3 is 10.4 Å². The summed E-state index contributed by atoms with van der Waals surface area (Å²) in [4.78, 5) is 0. The van der Waals surface area contributed by atoms with Gasteiger partial charge in [-0.3, -0.25) is 0 Å². The van der Waals surface area contributed by atoms with Gasteiger partial charge in [0, 0.05) is 26.4 Å². The SMILES string of the molecule is CCOCCCCOS(=O)(=O)OCCCCOCC. The van der Waals surface area contributed by atoms with Gasteiger partial charge in [0.25, 0.3) is 0 Å². The second kappa shape index (κ2) is 12.8. The fourth-order valence-electron chi connectivity index (χ4n) is 1.26. The molecule has 0 amide bonds. The maximum atomic E-state index is 11.3. The first-order valence-corrected chi connectivity index (χ1v) is 8.15. The van der Waals surface area contributed by atoms with E-state index in [0.717, 1.165) is 12.8 Å². The highest BCUT2D eigenvalue weighted by Gasteiger charge is 2.10. The predicted molar refractivity (Wildman–Crippen MR) is 72.3 cm³/mol. The fraction of sp³-hybridized carbons (Fsp3) is 1.00. The normalized spacial score (nSPS) is 11.9. The second-order valence-electron chi connectivity index (χ2n) is 3.86. The molecule has 0 aromatic heterocycles. The zero-order valence-corrected chi connectivity index (χ0v) is 12.7. The molecule has 0 bridgehead atoms. The Hall–Kier alpha value is -0.210. The molecule has 0 spiro atoms. The smallest absolute Gasteiger partial charge is 0.382 e. The summed E-state index contributed by atoms with van der Waals surface area (Å²) in [6.45, 7) is 6.69. The number of ether oxygens (including phenoxy) is 2. The second-order valence-corrected chi connectivity index (χ2v) is 5.15. The van der Waals surface area contributed by atoms with Crippen LogP contribution in [0.15, 0.2) is 0 Å². The molecule has 0 aliphatic heterocycles. The Labute approximate surface area is 116 Å². The van der Waals surface area contributed by atoms with Crippen molar-refractivity contribution in [3.05, 3.63) is 0 Å². The maximum Gasteiger partial charge on any atom is 0.399 e. The standard InChI is InChI=1S/C12H26O6S/c1-3-15-9-5-7-11-17-19(13,14)18-12-8-6-10-16-4-2/h3-12H2,1-2H3. The van der Waals surface area contributed by atoms with Gasteiger partial charge in [0.2, 0.25) is 0 Å². The molecule has 19 heavy (non-hydrogen) atoms. The monoisotopic (exact) mass is 298 g/mol. The van der Waals surface area contributed by atoms with Crippen molar-refractivity contribution in [2.24, 2.45) is 0 Å². The van der Waals surface area contributed by atoms with E-state index in [2.05, 4.69) is 0 Å². The van der Waals surface area contributed by atoms with Crippen LogP contribution in [0.3, 0.4) is 0 Å². The fourth-order valence-corrected chi connectivity index (χ4v) is 1.97. The maximum absolute atomic E-state index is 11.3. The van der Waals surface area contributed by atoms with Crippen LogP contribution in [-0.2, 0) is 28.2 Å². The minimum Gasteiger partial charge on any atom is -0.382 e. The zero-order valence-electron chi connectivity index (χ0n) is 11.9. The summed E-state index contributed by atoms with van der Waals surface area (Å²) in [6, 6.07) is 0. The van der Waals surface area contributed by atoms with E-state index in [9.17, 15) is 8.42 Å². The third-order valence-electron chi connectivity index (χ3n) is 2.23. The summed E-state index contributed by atoms with van der Waals surface area (Å²) in [6.07, 6.45) is 2.81. The molecule has 0 atom stereocenters. The molecule has 0 aromatic carbocycles. The number of hydrogen-bond acceptors (Lipinski definition) is 6. The van der Waals surface area contributed by atoms with Crippen LogP contribution in [0.4, 0.5) is 0 Å². The van der Waals surface area contributed by atoms with E-state index in [4.69, 9.17) is 17.8 Å². The first-order chi connectivity index (χ1) is 9.12. The van der Waals surface area contributed by atoms with Gasteiger partial charge in [0.05, 0.1) is 13.2 Å². The third kappa shape index (κ3) is 14.0. The quantitative estimate of drug-likeness (QED) is 0.456. The molecular formula is C12H26O6S. The minimum absolute atomic E-state index is 0.133. The summed E-state index contributed by atoms with van der Waals surface area (Å²) in [5.41, 5.74) is 0. The Morgan fingerprint density at radius 3 is 1.42 bits per heavy atom. The van der Waals surface area contributed by atoms with Crippen molar-refractivity contribution >= 4 is 10.4 Å². The van der Waals surface area contributed by atoms with Crippen LogP contribution in [0, 0.1) is 0 Å². The number of rotatable bonds is 14. The molecule has 0 aliphatic carbocycles. The first kappa shape index (κ1) is 18.8. The van der Waals surface area contributed by atoms with Crippen LogP contribution < -0.4 is 0 Å². The van der Waals surface area contributed by atoms with Crippen molar-refractivity contribution in [1.82, 2.24) is 0 Å². The molecule has 116 valence electrons. The molecule has 0 saturated carbocycles. The van der Waals surface area contributed by atoms with Gasteiger partial charge in [0.1, 0.15) is 0 Å². The van der Waals surface area contributed by atoms with Crippen LogP contribution in [0.25, 0.3) is 0 Å². The number of hydrogen-bond donors (Lipinski definition) is 0. The molecule has 7 heteroatoms. The summed E-state index contributed by atoms with van der Waals surface area (Å²) >= 11 is 0. The lowest BCUT2D eigenvalue weighted by atomic mass is 10.3. The molecule has 0 aromatic rings. The molecule has 0 unspecified atom stereocenters. The molecule has 0 saturated heterocycles. The molecule has 0 radical (unpaired) electrons. The predicted octanol–water partition coefficient (Wildman–Crippen LogP) is 1.90. The van der Waals surface area contributed by atoms with E-state index in [-0.39, 0.29) is 13.2 Å². The van der Waals surface area contributed by atoms with Gasteiger partial charge < -0.3 is 9.47 Å². The Bertz CT molecular complexity index is 256. The lowest BCUT2D eigenvalue weighted by Gasteiger charge is -2.06. The molecule has 6 nitrogen and oxygen atoms in total. The van der Waals surface area contributed by atoms with E-state index in [1.165, 1.54) is 0 Å². The van der Waals surface area contributed by atoms with Crippen LogP contribution in [0.5, 0.6) is 0 Å². The highest BCUT2D eigenvalue weighted by atomic mass is 32.3. The zero-order chi connectivity index (χ0) is 14.4. The lowest BCUT2D eigenvalue weighted by molar-refractivity contribution is 0.132. The van der Waals surface area contributed by atoms with Crippen molar-refractivity contribution < 1.29 is 26.3 Å². The molecule has 0 N–H and O–H groups in total. The van der Waals surface area contributed by atoms with Crippen LogP contribution in [0.2, 0.25) is 0 Å². The lowest BCUT2D eigenvalue weighted by Crippen LogP contribution is -2.12. The van der Waals surface area contributed by atoms with Crippen LogP contribution in [-0.4, -0.2) is 48.1 Å². The average Bonchev–Trinajstić information content (AvgIpc) is 2.38. The summed E-state index contributed by atoms with van der Waals surface area (Å²) in [5.74, 6) is 0. The first-order valence-electron chi connectivity index (χ1n) is 6.81. The largest absolute Gasteiger partial charge is 0.399 e. The molecule has 0 heterocycles. The molecule has 0 aliphatic rings. The Morgan fingerprint density at radius 2 is 1.05 bits per heavy atom.